The minimum absolute atomic E-state index is 0.0532. The molecule has 0 spiro atoms. The Morgan fingerprint density at radius 1 is 1.44 bits per heavy atom. The fraction of sp³-hybridized carbons (Fsp3) is 0.417. The van der Waals surface area contributed by atoms with Crippen LogP contribution in [0.4, 0.5) is 0 Å². The maximum Gasteiger partial charge on any atom is 0.273 e. The van der Waals surface area contributed by atoms with Gasteiger partial charge in [0.05, 0.1) is 10.5 Å². The Balaban J connectivity index is 1.73. The van der Waals surface area contributed by atoms with Crippen LogP contribution >= 0.6 is 22.7 Å². The molecule has 0 bridgehead atoms. The summed E-state index contributed by atoms with van der Waals surface area (Å²) in [4.78, 5) is 22.6. The molecule has 18 heavy (non-hydrogen) atoms. The maximum absolute atomic E-state index is 12.2. The average molecular weight is 279 g/mol. The van der Waals surface area contributed by atoms with Crippen LogP contribution in [0.15, 0.2) is 22.5 Å². The van der Waals surface area contributed by atoms with Crippen molar-refractivity contribution < 1.29 is 4.79 Å². The topological polar surface area (TPSA) is 46.1 Å². The van der Waals surface area contributed by atoms with Crippen LogP contribution in [-0.4, -0.2) is 33.9 Å². The molecule has 0 radical (unpaired) electrons. The summed E-state index contributed by atoms with van der Waals surface area (Å²) >= 11 is 3.14. The van der Waals surface area contributed by atoms with E-state index in [4.69, 9.17) is 0 Å². The molecule has 0 aromatic carbocycles. The molecular weight excluding hydrogens is 266 g/mol. The largest absolute Gasteiger partial charge is 0.337 e. The first kappa shape index (κ1) is 11.8. The van der Waals surface area contributed by atoms with Crippen LogP contribution in [0.3, 0.4) is 0 Å². The molecule has 4 nitrogen and oxygen atoms in total. The van der Waals surface area contributed by atoms with Crippen molar-refractivity contribution in [1.29, 1.82) is 0 Å². The summed E-state index contributed by atoms with van der Waals surface area (Å²) in [5.74, 6) is 0.443. The van der Waals surface area contributed by atoms with Crippen LogP contribution in [0.1, 0.15) is 34.3 Å². The number of amides is 1. The van der Waals surface area contributed by atoms with Gasteiger partial charge in [0.15, 0.2) is 0 Å². The van der Waals surface area contributed by atoms with Crippen LogP contribution in [0, 0.1) is 0 Å². The van der Waals surface area contributed by atoms with E-state index >= 15 is 0 Å². The van der Waals surface area contributed by atoms with Crippen molar-refractivity contribution >= 4 is 28.6 Å². The molecule has 94 valence electrons. The highest BCUT2D eigenvalue weighted by Crippen LogP contribution is 2.28. The Hall–Kier alpha value is -1.27. The van der Waals surface area contributed by atoms with Gasteiger partial charge in [-0.2, -0.15) is 0 Å². The number of thiazole rings is 2. The maximum atomic E-state index is 12.2. The molecule has 1 atom stereocenters. The van der Waals surface area contributed by atoms with Gasteiger partial charge in [-0.15, -0.1) is 22.7 Å². The molecule has 1 aliphatic heterocycles. The van der Waals surface area contributed by atoms with Gasteiger partial charge in [0.25, 0.3) is 5.91 Å². The molecule has 1 fully saturated rings. The lowest BCUT2D eigenvalue weighted by Crippen LogP contribution is -2.39. The van der Waals surface area contributed by atoms with Gasteiger partial charge in [0, 0.05) is 36.0 Å². The van der Waals surface area contributed by atoms with Gasteiger partial charge in [-0.25, -0.2) is 9.97 Å². The van der Waals surface area contributed by atoms with E-state index in [0.717, 1.165) is 30.9 Å². The number of hydrogen-bond acceptors (Lipinski definition) is 5. The summed E-state index contributed by atoms with van der Waals surface area (Å²) in [5.41, 5.74) is 2.27. The van der Waals surface area contributed by atoms with Gasteiger partial charge < -0.3 is 4.90 Å². The van der Waals surface area contributed by atoms with Crippen LogP contribution in [0.25, 0.3) is 0 Å². The molecule has 1 aliphatic rings. The van der Waals surface area contributed by atoms with Gasteiger partial charge in [0.2, 0.25) is 0 Å². The van der Waals surface area contributed by atoms with Crippen molar-refractivity contribution in [2.75, 3.05) is 13.1 Å². The predicted octanol–water partition coefficient (Wildman–Crippen LogP) is 2.62. The van der Waals surface area contributed by atoms with Crippen LogP contribution in [0.5, 0.6) is 0 Å². The van der Waals surface area contributed by atoms with Crippen molar-refractivity contribution in [2.24, 2.45) is 0 Å². The predicted molar refractivity (Wildman–Crippen MR) is 72.1 cm³/mol. The first-order valence-corrected chi connectivity index (χ1v) is 7.73. The number of rotatable bonds is 2. The van der Waals surface area contributed by atoms with E-state index in [9.17, 15) is 4.79 Å². The van der Waals surface area contributed by atoms with Crippen LogP contribution in [0.2, 0.25) is 0 Å². The number of aromatic nitrogens is 2. The Labute approximate surface area is 113 Å². The van der Waals surface area contributed by atoms with Gasteiger partial charge in [-0.1, -0.05) is 0 Å². The van der Waals surface area contributed by atoms with Crippen molar-refractivity contribution in [3.05, 3.63) is 33.2 Å². The monoisotopic (exact) mass is 279 g/mol. The zero-order valence-corrected chi connectivity index (χ0v) is 11.4. The van der Waals surface area contributed by atoms with Crippen molar-refractivity contribution in [2.45, 2.75) is 18.8 Å². The number of carbonyl (C=O) groups is 1. The first-order valence-electron chi connectivity index (χ1n) is 5.91. The lowest BCUT2D eigenvalue weighted by molar-refractivity contribution is 0.0702. The van der Waals surface area contributed by atoms with Crippen molar-refractivity contribution in [1.82, 2.24) is 14.9 Å². The second-order valence-corrected chi connectivity index (χ2v) is 5.98. The number of likely N-dealkylation sites (tertiary alicyclic amines) is 1. The number of nitrogens with zero attached hydrogens (tertiary/aromatic N) is 3. The van der Waals surface area contributed by atoms with Gasteiger partial charge in [-0.05, 0) is 12.8 Å². The molecule has 0 N–H and O–H groups in total. The smallest absolute Gasteiger partial charge is 0.273 e. The zero-order valence-electron chi connectivity index (χ0n) is 9.78. The minimum Gasteiger partial charge on any atom is -0.337 e. The third-order valence-corrected chi connectivity index (χ3v) is 4.69. The van der Waals surface area contributed by atoms with Crippen molar-refractivity contribution in [3.63, 3.8) is 0 Å². The van der Waals surface area contributed by atoms with E-state index < -0.39 is 0 Å². The summed E-state index contributed by atoms with van der Waals surface area (Å²) in [6.45, 7) is 1.60. The molecule has 3 heterocycles. The van der Waals surface area contributed by atoms with Gasteiger partial charge in [-0.3, -0.25) is 4.79 Å². The minimum atomic E-state index is 0.0532. The highest BCUT2D eigenvalue weighted by molar-refractivity contribution is 7.09. The van der Waals surface area contributed by atoms with Crippen LogP contribution < -0.4 is 0 Å². The lowest BCUT2D eigenvalue weighted by atomic mass is 9.98. The molecule has 0 saturated carbocycles. The summed E-state index contributed by atoms with van der Waals surface area (Å²) < 4.78 is 0. The van der Waals surface area contributed by atoms with Gasteiger partial charge >= 0.3 is 0 Å². The summed E-state index contributed by atoms with van der Waals surface area (Å²) in [5, 5.41) is 4.96. The normalized spacial score (nSPS) is 20.0. The van der Waals surface area contributed by atoms with E-state index in [-0.39, 0.29) is 5.91 Å². The molecule has 1 amide bonds. The van der Waals surface area contributed by atoms with E-state index in [2.05, 4.69) is 9.97 Å². The standard InChI is InChI=1S/C12H13N3OS2/c16-12(10-7-17-8-14-10)15-4-1-2-9(6-15)11-13-3-5-18-11/h3,5,7-9H,1-2,4,6H2/t9-/m1/s1. The summed E-state index contributed by atoms with van der Waals surface area (Å²) in [7, 11) is 0. The number of hydrogen-bond donors (Lipinski definition) is 0. The summed E-state index contributed by atoms with van der Waals surface area (Å²) in [6.07, 6.45) is 4.00. The van der Waals surface area contributed by atoms with E-state index in [0.29, 0.717) is 11.6 Å². The summed E-state index contributed by atoms with van der Waals surface area (Å²) in [6, 6.07) is 0. The molecule has 3 rings (SSSR count). The lowest BCUT2D eigenvalue weighted by Gasteiger charge is -2.31. The highest BCUT2D eigenvalue weighted by atomic mass is 32.1. The fourth-order valence-corrected chi connectivity index (χ4v) is 3.57. The number of carbonyl (C=O) groups excluding carboxylic acids is 1. The third kappa shape index (κ3) is 2.30. The third-order valence-electron chi connectivity index (χ3n) is 3.16. The van der Waals surface area contributed by atoms with E-state index in [1.165, 1.54) is 11.3 Å². The Morgan fingerprint density at radius 2 is 2.39 bits per heavy atom. The SMILES string of the molecule is O=C(c1cscn1)N1CCC[C@@H](c2nccs2)C1. The molecule has 0 aliphatic carbocycles. The second-order valence-electron chi connectivity index (χ2n) is 4.33. The van der Waals surface area contributed by atoms with Gasteiger partial charge in [0.1, 0.15) is 5.69 Å². The first-order chi connectivity index (χ1) is 8.84. The Kier molecular flexibility index (Phi) is 3.38. The Morgan fingerprint density at radius 3 is 3.11 bits per heavy atom. The average Bonchev–Trinajstić information content (AvgIpc) is 3.11. The quantitative estimate of drug-likeness (QED) is 0.849. The molecule has 2 aromatic rings. The molecule has 0 unspecified atom stereocenters. The molecule has 6 heteroatoms. The molecule has 2 aromatic heterocycles. The second kappa shape index (κ2) is 5.16. The fourth-order valence-electron chi connectivity index (χ4n) is 2.28. The number of piperidine rings is 1. The van der Waals surface area contributed by atoms with Crippen LogP contribution in [-0.2, 0) is 0 Å². The zero-order chi connectivity index (χ0) is 12.4. The highest BCUT2D eigenvalue weighted by Gasteiger charge is 2.27. The molecular formula is C12H13N3OS2. The van der Waals surface area contributed by atoms with Crippen molar-refractivity contribution in [3.8, 4) is 0 Å². The van der Waals surface area contributed by atoms with E-state index in [1.807, 2.05) is 21.9 Å². The molecule has 1 saturated heterocycles. The Bertz CT molecular complexity index is 509. The van der Waals surface area contributed by atoms with E-state index in [1.54, 1.807) is 16.8 Å².